The van der Waals surface area contributed by atoms with Gasteiger partial charge in [-0.1, -0.05) is 18.2 Å². The van der Waals surface area contributed by atoms with Crippen LogP contribution in [0.4, 0.5) is 13.2 Å². The molecular weight excluding hydrogens is 375 g/mol. The molecular formula is C23H18F3N3. The van der Waals surface area contributed by atoms with Gasteiger partial charge in [-0.3, -0.25) is 0 Å². The second-order valence-corrected chi connectivity index (χ2v) is 7.46. The van der Waals surface area contributed by atoms with Gasteiger partial charge in [-0.2, -0.15) is 0 Å². The number of aromatic nitrogens is 2. The molecule has 1 aromatic heterocycles. The predicted molar refractivity (Wildman–Crippen MR) is 106 cm³/mol. The molecule has 1 heterocycles. The second-order valence-electron chi connectivity index (χ2n) is 7.46. The van der Waals surface area contributed by atoms with E-state index in [1.54, 1.807) is 12.4 Å². The zero-order chi connectivity index (χ0) is 20.0. The molecule has 6 heteroatoms. The Bertz CT molecular complexity index is 1180. The molecule has 4 aromatic rings. The number of benzene rings is 3. The number of fused-ring (bicyclic) bond motifs is 2. The number of nitrogens with one attached hydrogen (secondary N) is 2. The van der Waals surface area contributed by atoms with E-state index in [-0.39, 0.29) is 11.9 Å². The second kappa shape index (κ2) is 7.04. The van der Waals surface area contributed by atoms with Gasteiger partial charge in [-0.05, 0) is 65.4 Å². The van der Waals surface area contributed by atoms with Crippen molar-refractivity contribution in [2.75, 3.05) is 0 Å². The number of aromatic amines is 1. The van der Waals surface area contributed by atoms with Crippen LogP contribution in [0, 0.1) is 17.5 Å². The third-order valence-corrected chi connectivity index (χ3v) is 5.56. The first kappa shape index (κ1) is 17.9. The Morgan fingerprint density at radius 1 is 0.862 bits per heavy atom. The largest absolute Gasteiger partial charge is 0.345 e. The molecule has 2 N–H and O–H groups in total. The highest BCUT2D eigenvalue weighted by atomic mass is 19.2. The lowest BCUT2D eigenvalue weighted by Gasteiger charge is -2.13. The molecule has 0 fully saturated rings. The molecule has 0 spiro atoms. The van der Waals surface area contributed by atoms with Crippen LogP contribution >= 0.6 is 0 Å². The van der Waals surface area contributed by atoms with E-state index >= 15 is 0 Å². The summed E-state index contributed by atoms with van der Waals surface area (Å²) in [6.45, 7) is 0.356. The summed E-state index contributed by atoms with van der Waals surface area (Å²) in [6, 6.07) is 13.5. The molecule has 1 aliphatic rings. The highest BCUT2D eigenvalue weighted by Gasteiger charge is 2.23. The summed E-state index contributed by atoms with van der Waals surface area (Å²) in [5, 5.41) is 3.31. The SMILES string of the molecule is Fc1cc2c(cc1F)CC(NCc1ccc(-c3ccc4nc[nH]c4c3)cc1F)C2. The Morgan fingerprint density at radius 3 is 2.28 bits per heavy atom. The van der Waals surface area contributed by atoms with Gasteiger partial charge in [0.25, 0.3) is 0 Å². The van der Waals surface area contributed by atoms with Crippen LogP contribution in [-0.4, -0.2) is 16.0 Å². The monoisotopic (exact) mass is 393 g/mol. The molecule has 0 radical (unpaired) electrons. The van der Waals surface area contributed by atoms with Gasteiger partial charge in [0.15, 0.2) is 11.6 Å². The van der Waals surface area contributed by atoms with Crippen molar-refractivity contribution in [2.24, 2.45) is 0 Å². The molecule has 146 valence electrons. The molecule has 0 atom stereocenters. The van der Waals surface area contributed by atoms with Crippen molar-refractivity contribution >= 4 is 11.0 Å². The lowest BCUT2D eigenvalue weighted by Crippen LogP contribution is -2.29. The minimum atomic E-state index is -0.820. The Morgan fingerprint density at radius 2 is 1.55 bits per heavy atom. The molecule has 3 aromatic carbocycles. The van der Waals surface area contributed by atoms with Gasteiger partial charge in [0, 0.05) is 18.2 Å². The fourth-order valence-corrected chi connectivity index (χ4v) is 4.00. The Balaban J connectivity index is 1.29. The summed E-state index contributed by atoms with van der Waals surface area (Å²) in [6.07, 6.45) is 2.85. The van der Waals surface area contributed by atoms with Crippen LogP contribution in [0.15, 0.2) is 54.9 Å². The van der Waals surface area contributed by atoms with Crippen molar-refractivity contribution in [1.29, 1.82) is 0 Å². The van der Waals surface area contributed by atoms with Gasteiger partial charge in [0.1, 0.15) is 5.82 Å². The molecule has 1 aliphatic carbocycles. The van der Waals surface area contributed by atoms with Crippen molar-refractivity contribution in [3.8, 4) is 11.1 Å². The zero-order valence-electron chi connectivity index (χ0n) is 15.5. The average molecular weight is 393 g/mol. The lowest BCUT2D eigenvalue weighted by atomic mass is 10.0. The zero-order valence-corrected chi connectivity index (χ0v) is 15.5. The smallest absolute Gasteiger partial charge is 0.159 e. The van der Waals surface area contributed by atoms with Crippen LogP contribution < -0.4 is 5.32 Å². The molecule has 0 aliphatic heterocycles. The normalized spacial score (nSPS) is 13.9. The van der Waals surface area contributed by atoms with Crippen molar-refractivity contribution in [3.05, 3.63) is 89.0 Å². The number of nitrogens with zero attached hydrogens (tertiary/aromatic N) is 1. The third-order valence-electron chi connectivity index (χ3n) is 5.56. The molecule has 0 amide bonds. The minimum Gasteiger partial charge on any atom is -0.345 e. The first-order valence-corrected chi connectivity index (χ1v) is 9.49. The van der Waals surface area contributed by atoms with E-state index in [0.29, 0.717) is 24.9 Å². The maximum absolute atomic E-state index is 14.7. The van der Waals surface area contributed by atoms with Crippen molar-refractivity contribution in [1.82, 2.24) is 15.3 Å². The topological polar surface area (TPSA) is 40.7 Å². The summed E-state index contributed by atoms with van der Waals surface area (Å²) in [5.74, 6) is -1.92. The first-order valence-electron chi connectivity index (χ1n) is 9.49. The van der Waals surface area contributed by atoms with E-state index < -0.39 is 11.6 Å². The Hall–Kier alpha value is -3.12. The summed E-state index contributed by atoms with van der Waals surface area (Å²) >= 11 is 0. The van der Waals surface area contributed by atoms with Gasteiger partial charge in [-0.15, -0.1) is 0 Å². The number of imidazole rings is 1. The van der Waals surface area contributed by atoms with E-state index in [1.807, 2.05) is 24.3 Å². The quantitative estimate of drug-likeness (QED) is 0.518. The minimum absolute atomic E-state index is 0.0352. The van der Waals surface area contributed by atoms with Crippen molar-refractivity contribution in [2.45, 2.75) is 25.4 Å². The Labute approximate surface area is 165 Å². The number of rotatable bonds is 4. The van der Waals surface area contributed by atoms with Gasteiger partial charge >= 0.3 is 0 Å². The maximum atomic E-state index is 14.7. The summed E-state index contributed by atoms with van der Waals surface area (Å²) in [5.41, 5.74) is 5.66. The fraction of sp³-hybridized carbons (Fsp3) is 0.174. The number of hydrogen-bond acceptors (Lipinski definition) is 2. The summed E-state index contributed by atoms with van der Waals surface area (Å²) in [4.78, 5) is 7.25. The van der Waals surface area contributed by atoms with Crippen LogP contribution in [0.25, 0.3) is 22.2 Å². The molecule has 3 nitrogen and oxygen atoms in total. The van der Waals surface area contributed by atoms with Gasteiger partial charge in [0.2, 0.25) is 0 Å². The standard InChI is InChI=1S/C23H18F3N3/c24-19-7-13(14-3-4-22-23(10-14)29-12-28-22)1-2-15(19)11-27-18-5-16-8-20(25)21(26)9-17(16)6-18/h1-4,7-10,12,18,27H,5-6,11H2,(H,28,29). The number of hydrogen-bond donors (Lipinski definition) is 2. The van der Waals surface area contributed by atoms with E-state index in [0.717, 1.165) is 33.3 Å². The summed E-state index contributed by atoms with van der Waals surface area (Å²) in [7, 11) is 0. The van der Waals surface area contributed by atoms with Crippen LogP contribution in [0.1, 0.15) is 16.7 Å². The molecule has 0 saturated heterocycles. The van der Waals surface area contributed by atoms with E-state index in [1.165, 1.54) is 18.2 Å². The summed E-state index contributed by atoms with van der Waals surface area (Å²) < 4.78 is 41.5. The van der Waals surface area contributed by atoms with Gasteiger partial charge in [0.05, 0.1) is 17.4 Å². The van der Waals surface area contributed by atoms with Gasteiger partial charge < -0.3 is 10.3 Å². The molecule has 0 bridgehead atoms. The van der Waals surface area contributed by atoms with E-state index in [9.17, 15) is 13.2 Å². The predicted octanol–water partition coefficient (Wildman–Crippen LogP) is 4.90. The number of halogens is 3. The van der Waals surface area contributed by atoms with Crippen molar-refractivity contribution < 1.29 is 13.2 Å². The van der Waals surface area contributed by atoms with E-state index in [4.69, 9.17) is 0 Å². The number of H-pyrrole nitrogens is 1. The van der Waals surface area contributed by atoms with Crippen LogP contribution in [0.2, 0.25) is 0 Å². The average Bonchev–Trinajstić information content (AvgIpc) is 3.33. The highest BCUT2D eigenvalue weighted by molar-refractivity contribution is 5.81. The third kappa shape index (κ3) is 3.40. The molecule has 29 heavy (non-hydrogen) atoms. The first-order chi connectivity index (χ1) is 14.1. The van der Waals surface area contributed by atoms with Crippen molar-refractivity contribution in [3.63, 3.8) is 0 Å². The maximum Gasteiger partial charge on any atom is 0.159 e. The van der Waals surface area contributed by atoms with Gasteiger partial charge in [-0.25, -0.2) is 18.2 Å². The molecule has 0 saturated carbocycles. The molecule has 0 unspecified atom stereocenters. The highest BCUT2D eigenvalue weighted by Crippen LogP contribution is 2.27. The Kier molecular flexibility index (Phi) is 4.36. The lowest BCUT2D eigenvalue weighted by molar-refractivity contribution is 0.507. The van der Waals surface area contributed by atoms with E-state index in [2.05, 4.69) is 15.3 Å². The fourth-order valence-electron chi connectivity index (χ4n) is 4.00. The van der Waals surface area contributed by atoms with Crippen LogP contribution in [0.5, 0.6) is 0 Å². The molecule has 5 rings (SSSR count). The van der Waals surface area contributed by atoms with Crippen LogP contribution in [0.3, 0.4) is 0 Å². The van der Waals surface area contributed by atoms with Crippen LogP contribution in [-0.2, 0) is 19.4 Å².